The molecular weight excluding hydrogens is 386 g/mol. The molecule has 0 spiro atoms. The van der Waals surface area contributed by atoms with Crippen LogP contribution in [0.2, 0.25) is 5.32 Å². The molecule has 0 aliphatic heterocycles. The van der Waals surface area contributed by atoms with Crippen LogP contribution in [0, 0.1) is 0 Å². The Balaban J connectivity index is 3.24. The van der Waals surface area contributed by atoms with Gasteiger partial charge in [0.1, 0.15) is 0 Å². The van der Waals surface area contributed by atoms with E-state index in [4.69, 9.17) is 0 Å². The second-order valence-corrected chi connectivity index (χ2v) is 13.5. The molecule has 0 aromatic heterocycles. The van der Waals surface area contributed by atoms with Crippen LogP contribution >= 0.6 is 0 Å². The molecule has 0 nitrogen and oxygen atoms in total. The molecule has 2 heteroatoms. The monoisotopic (exact) mass is 426 g/mol. The molecule has 21 heavy (non-hydrogen) atoms. The first-order valence-corrected chi connectivity index (χ1v) is 15.7. The van der Waals surface area contributed by atoms with E-state index in [0.717, 1.165) is 26.3 Å². The van der Waals surface area contributed by atoms with Gasteiger partial charge in [-0.15, -0.1) is 0 Å². The number of hydrogen-bond acceptors (Lipinski definition) is 0. The van der Waals surface area contributed by atoms with Crippen molar-refractivity contribution in [2.75, 3.05) is 0 Å². The van der Waals surface area contributed by atoms with E-state index < -0.39 is 0 Å². The zero-order valence-electron chi connectivity index (χ0n) is 14.8. The third-order valence-electron chi connectivity index (χ3n) is 3.76. The summed E-state index contributed by atoms with van der Waals surface area (Å²) in [5.41, 5.74) is 0. The van der Waals surface area contributed by atoms with Gasteiger partial charge < -0.3 is 0 Å². The molecule has 0 rings (SSSR count). The van der Waals surface area contributed by atoms with Crippen LogP contribution in [0.5, 0.6) is 0 Å². The summed E-state index contributed by atoms with van der Waals surface area (Å²) in [5, 5.41) is 1.53. The van der Waals surface area contributed by atoms with Crippen molar-refractivity contribution in [1.29, 1.82) is 0 Å². The molecule has 0 radical (unpaired) electrons. The Hall–Kier alpha value is 0.779. The van der Waals surface area contributed by atoms with Crippen LogP contribution in [-0.2, 0) is 0 Å². The van der Waals surface area contributed by atoms with Crippen LogP contribution in [0.1, 0.15) is 104 Å². The Bertz CT molecular complexity index is 224. The van der Waals surface area contributed by atoms with Crippen LogP contribution in [-0.4, -0.2) is 26.3 Å². The summed E-state index contributed by atoms with van der Waals surface area (Å²) in [6.45, 7) is 6.97. The Morgan fingerprint density at radius 1 is 0.714 bits per heavy atom. The first kappa shape index (κ1) is 21.8. The number of rotatable bonds is 16. The van der Waals surface area contributed by atoms with Crippen molar-refractivity contribution in [3.63, 3.8) is 0 Å². The van der Waals surface area contributed by atoms with Gasteiger partial charge >= 0.3 is 146 Å². The third kappa shape index (κ3) is 18.7. The van der Waals surface area contributed by atoms with Gasteiger partial charge in [-0.25, -0.2) is 0 Å². The van der Waals surface area contributed by atoms with Gasteiger partial charge in [-0.2, -0.15) is 0 Å². The van der Waals surface area contributed by atoms with E-state index in [0.29, 0.717) is 0 Å². The van der Waals surface area contributed by atoms with Crippen molar-refractivity contribution in [3.05, 3.63) is 10.5 Å². The van der Waals surface area contributed by atoms with Crippen molar-refractivity contribution in [2.24, 2.45) is 0 Å². The fourth-order valence-electron chi connectivity index (χ4n) is 2.34. The number of hydrogen-bond donors (Lipinski definition) is 0. The quantitative estimate of drug-likeness (QED) is 0.190. The molecule has 0 N–H and O–H groups in total. The molecule has 0 aliphatic carbocycles. The summed E-state index contributed by atoms with van der Waals surface area (Å²) in [7, 11) is 0. The minimum atomic E-state index is 0.846. The van der Waals surface area contributed by atoms with Crippen molar-refractivity contribution in [1.82, 2.24) is 0 Å². The Morgan fingerprint density at radius 3 is 1.86 bits per heavy atom. The van der Waals surface area contributed by atoms with Crippen LogP contribution < -0.4 is 0 Å². The average molecular weight is 424 g/mol. The molecule has 126 valence electrons. The average Bonchev–Trinajstić information content (AvgIpc) is 2.49. The van der Waals surface area contributed by atoms with Gasteiger partial charge in [-0.3, -0.25) is 0 Å². The Kier molecular flexibility index (Phi) is 19.5. The predicted molar refractivity (Wildman–Crippen MR) is 101 cm³/mol. The van der Waals surface area contributed by atoms with Crippen LogP contribution in [0.15, 0.2) is 10.5 Å². The van der Waals surface area contributed by atoms with E-state index >= 15 is 0 Å². The van der Waals surface area contributed by atoms with Gasteiger partial charge in [0.25, 0.3) is 0 Å². The minimum absolute atomic E-state index is 0.846. The van der Waals surface area contributed by atoms with Crippen LogP contribution in [0.3, 0.4) is 0 Å². The summed E-state index contributed by atoms with van der Waals surface area (Å²) >= 11 is 1.78. The Labute approximate surface area is 146 Å². The fourth-order valence-corrected chi connectivity index (χ4v) is 8.93. The molecule has 0 fully saturated rings. The van der Waals surface area contributed by atoms with Crippen LogP contribution in [0.25, 0.3) is 0 Å². The molecule has 0 bridgehead atoms. The van der Waals surface area contributed by atoms with Crippen molar-refractivity contribution < 1.29 is 0 Å². The van der Waals surface area contributed by atoms with Crippen molar-refractivity contribution in [3.8, 4) is 0 Å². The molecule has 0 amide bonds. The summed E-state index contributed by atoms with van der Waals surface area (Å²) in [5.74, 6) is 0. The molecular formula is C19H38Se2. The summed E-state index contributed by atoms with van der Waals surface area (Å²) in [6.07, 6.45) is 21.2. The molecule has 0 saturated heterocycles. The maximum absolute atomic E-state index is 2.54. The van der Waals surface area contributed by atoms with E-state index in [1.165, 1.54) is 88.8 Å². The third-order valence-corrected chi connectivity index (χ3v) is 11.8. The zero-order valence-corrected chi connectivity index (χ0v) is 18.2. The van der Waals surface area contributed by atoms with Gasteiger partial charge in [-0.1, -0.05) is 0 Å². The van der Waals surface area contributed by atoms with Gasteiger partial charge in [0, 0.05) is 0 Å². The maximum atomic E-state index is 2.54. The van der Waals surface area contributed by atoms with E-state index in [2.05, 4.69) is 26.8 Å². The topological polar surface area (TPSA) is 0 Å². The van der Waals surface area contributed by atoms with E-state index in [9.17, 15) is 0 Å². The van der Waals surface area contributed by atoms with E-state index in [1.54, 1.807) is 4.47 Å². The Morgan fingerprint density at radius 2 is 1.24 bits per heavy atom. The first-order chi connectivity index (χ1) is 10.3. The van der Waals surface area contributed by atoms with Crippen molar-refractivity contribution >= 4 is 26.3 Å². The predicted octanol–water partition coefficient (Wildman–Crippen LogP) is 6.74. The number of unbranched alkanes of at least 4 members (excludes halogenated alkanes) is 11. The zero-order chi connectivity index (χ0) is 15.6. The fraction of sp³-hybridized carbons (Fsp3) is 0.895. The molecule has 0 aromatic carbocycles. The number of allylic oxidation sites excluding steroid dienone is 2. The molecule has 0 atom stereocenters. The second-order valence-electron chi connectivity index (χ2n) is 6.04. The second kappa shape index (κ2) is 18.8. The first-order valence-electron chi connectivity index (χ1n) is 9.27. The summed E-state index contributed by atoms with van der Waals surface area (Å²) < 4.78 is 1.72. The van der Waals surface area contributed by atoms with Gasteiger partial charge in [0.05, 0.1) is 0 Å². The standard InChI is InChI=1S/C19H38Se2/c1-4-6-8-10-12-13-15-17-19(3)21-20-18-16-14-11-9-7-5-2/h17H,4-16,18H2,1-3H3/b19-17+. The van der Waals surface area contributed by atoms with Gasteiger partial charge in [0.2, 0.25) is 0 Å². The molecule has 0 saturated carbocycles. The summed E-state index contributed by atoms with van der Waals surface area (Å²) in [4.78, 5) is 0. The molecule has 0 heterocycles. The van der Waals surface area contributed by atoms with Crippen LogP contribution in [0.4, 0.5) is 0 Å². The molecule has 0 unspecified atom stereocenters. The van der Waals surface area contributed by atoms with E-state index in [-0.39, 0.29) is 0 Å². The van der Waals surface area contributed by atoms with Gasteiger partial charge in [-0.05, 0) is 0 Å². The van der Waals surface area contributed by atoms with Crippen molar-refractivity contribution in [2.45, 2.75) is 110 Å². The van der Waals surface area contributed by atoms with E-state index in [1.807, 2.05) is 0 Å². The summed E-state index contributed by atoms with van der Waals surface area (Å²) in [6, 6.07) is 0. The molecule has 0 aromatic rings. The van der Waals surface area contributed by atoms with Gasteiger partial charge in [0.15, 0.2) is 0 Å². The SMILES string of the molecule is CCCCCCCC/C=C(\C)[Se][Se]CCCCCCCC. The molecule has 0 aliphatic rings. The normalized spacial score (nSPS) is 12.0.